The van der Waals surface area contributed by atoms with Crippen molar-refractivity contribution in [1.82, 2.24) is 4.90 Å². The van der Waals surface area contributed by atoms with Crippen LogP contribution in [0.15, 0.2) is 12.4 Å². The molecule has 0 aromatic carbocycles. The van der Waals surface area contributed by atoms with Crippen molar-refractivity contribution < 1.29 is 4.58 Å². The van der Waals surface area contributed by atoms with Gasteiger partial charge in [-0.25, -0.2) is 0 Å². The molecule has 46 valence electrons. The van der Waals surface area contributed by atoms with Crippen LogP contribution in [0.2, 0.25) is 0 Å². The molecule has 0 amide bonds. The molecule has 9 heavy (non-hydrogen) atoms. The van der Waals surface area contributed by atoms with Crippen molar-refractivity contribution in [3.8, 4) is 6.07 Å². The number of hydrogen-bond donors (Lipinski definition) is 0. The van der Waals surface area contributed by atoms with E-state index in [-0.39, 0.29) is 0 Å². The summed E-state index contributed by atoms with van der Waals surface area (Å²) in [5.41, 5.74) is 0. The Labute approximate surface area is 54.1 Å². The minimum atomic E-state index is 0.785. The van der Waals surface area contributed by atoms with E-state index in [2.05, 4.69) is 0 Å². The first-order chi connectivity index (χ1) is 4.33. The second kappa shape index (κ2) is 2.31. The fraction of sp³-hybridized carbons (Fsp3) is 0.333. The van der Waals surface area contributed by atoms with Crippen LogP contribution in [-0.2, 0) is 0 Å². The second-order valence-electron chi connectivity index (χ2n) is 1.97. The lowest BCUT2D eigenvalue weighted by Gasteiger charge is -1.97. The third-order valence-electron chi connectivity index (χ3n) is 1.12. The van der Waals surface area contributed by atoms with Crippen LogP contribution in [0.25, 0.3) is 0 Å². The summed E-state index contributed by atoms with van der Waals surface area (Å²) in [4.78, 5) is 1.99. The topological polar surface area (TPSA) is 30.0 Å². The van der Waals surface area contributed by atoms with E-state index in [1.54, 1.807) is 0 Å². The molecular weight excluding hydrogens is 114 g/mol. The van der Waals surface area contributed by atoms with E-state index in [0.717, 1.165) is 6.67 Å². The van der Waals surface area contributed by atoms with Gasteiger partial charge in [-0.2, -0.15) is 9.84 Å². The van der Waals surface area contributed by atoms with Gasteiger partial charge in [-0.1, -0.05) is 0 Å². The van der Waals surface area contributed by atoms with Crippen molar-refractivity contribution in [2.75, 3.05) is 13.7 Å². The van der Waals surface area contributed by atoms with Gasteiger partial charge in [0.1, 0.15) is 0 Å². The SMILES string of the molecule is CN1C=C[N+](=CC#N)C1. The monoisotopic (exact) mass is 122 g/mol. The van der Waals surface area contributed by atoms with Gasteiger partial charge in [0.05, 0.1) is 6.20 Å². The van der Waals surface area contributed by atoms with Crippen molar-refractivity contribution >= 4 is 6.21 Å². The van der Waals surface area contributed by atoms with Crippen molar-refractivity contribution in [2.24, 2.45) is 0 Å². The third kappa shape index (κ3) is 1.29. The predicted molar refractivity (Wildman–Crippen MR) is 33.7 cm³/mol. The van der Waals surface area contributed by atoms with Gasteiger partial charge in [0, 0.05) is 7.05 Å². The normalized spacial score (nSPS) is 20.9. The van der Waals surface area contributed by atoms with Gasteiger partial charge >= 0.3 is 0 Å². The molecule has 0 radical (unpaired) electrons. The molecular formula is C6H8N3+. The molecule has 0 N–H and O–H groups in total. The highest BCUT2D eigenvalue weighted by Gasteiger charge is 2.08. The maximum Gasteiger partial charge on any atom is 0.248 e. The van der Waals surface area contributed by atoms with Crippen LogP contribution in [0.3, 0.4) is 0 Å². The van der Waals surface area contributed by atoms with Crippen LogP contribution in [0, 0.1) is 11.3 Å². The standard InChI is InChI=1S/C6H8N3/c1-8-4-5-9(6-8)3-2-7/h3-5H,6H2,1H3/q+1. The molecule has 0 bridgehead atoms. The van der Waals surface area contributed by atoms with Gasteiger partial charge in [-0.05, 0) is 0 Å². The molecule has 3 heteroatoms. The summed E-state index contributed by atoms with van der Waals surface area (Å²) in [5.74, 6) is 0. The summed E-state index contributed by atoms with van der Waals surface area (Å²) in [6.45, 7) is 0.785. The first kappa shape index (κ1) is 5.83. The summed E-state index contributed by atoms with van der Waals surface area (Å²) in [5, 5.41) is 8.21. The van der Waals surface area contributed by atoms with Gasteiger partial charge in [0.15, 0.2) is 12.3 Å². The van der Waals surface area contributed by atoms with Crippen molar-refractivity contribution in [3.63, 3.8) is 0 Å². The van der Waals surface area contributed by atoms with E-state index < -0.39 is 0 Å². The van der Waals surface area contributed by atoms with Crippen LogP contribution >= 0.6 is 0 Å². The van der Waals surface area contributed by atoms with E-state index in [1.165, 1.54) is 6.21 Å². The van der Waals surface area contributed by atoms with Gasteiger partial charge in [-0.15, -0.1) is 0 Å². The minimum absolute atomic E-state index is 0.785. The number of rotatable bonds is 0. The molecule has 0 unspecified atom stereocenters. The smallest absolute Gasteiger partial charge is 0.248 e. The maximum absolute atomic E-state index is 8.21. The molecule has 0 spiro atoms. The molecule has 0 saturated heterocycles. The minimum Gasteiger partial charge on any atom is -0.320 e. The molecule has 0 fully saturated rings. The number of nitrogens with zero attached hydrogens (tertiary/aromatic N) is 3. The Morgan fingerprint density at radius 1 is 1.89 bits per heavy atom. The molecule has 1 heterocycles. The largest absolute Gasteiger partial charge is 0.320 e. The average Bonchev–Trinajstić information content (AvgIpc) is 2.17. The van der Waals surface area contributed by atoms with Crippen molar-refractivity contribution in [3.05, 3.63) is 12.4 Å². The Balaban J connectivity index is 2.63. The van der Waals surface area contributed by atoms with E-state index in [4.69, 9.17) is 5.26 Å². The summed E-state index contributed by atoms with van der Waals surface area (Å²) in [7, 11) is 1.96. The molecule has 0 aromatic heterocycles. The summed E-state index contributed by atoms with van der Waals surface area (Å²) < 4.78 is 1.82. The van der Waals surface area contributed by atoms with Crippen LogP contribution in [0.1, 0.15) is 0 Å². The Morgan fingerprint density at radius 3 is 3.11 bits per heavy atom. The number of nitriles is 1. The van der Waals surface area contributed by atoms with Gasteiger partial charge in [0.2, 0.25) is 12.9 Å². The van der Waals surface area contributed by atoms with Crippen LogP contribution in [0.5, 0.6) is 0 Å². The molecule has 0 saturated carbocycles. The van der Waals surface area contributed by atoms with Gasteiger partial charge in [0.25, 0.3) is 0 Å². The number of hydrogen-bond acceptors (Lipinski definition) is 2. The molecule has 3 nitrogen and oxygen atoms in total. The summed E-state index contributed by atoms with van der Waals surface area (Å²) in [6, 6.07) is 1.95. The maximum atomic E-state index is 8.21. The second-order valence-corrected chi connectivity index (χ2v) is 1.97. The fourth-order valence-electron chi connectivity index (χ4n) is 0.709. The van der Waals surface area contributed by atoms with E-state index in [0.29, 0.717) is 0 Å². The molecule has 1 rings (SSSR count). The average molecular weight is 122 g/mol. The molecule has 1 aliphatic heterocycles. The lowest BCUT2D eigenvalue weighted by molar-refractivity contribution is -0.456. The highest BCUT2D eigenvalue weighted by molar-refractivity contribution is 5.70. The van der Waals surface area contributed by atoms with Crippen LogP contribution in [0.4, 0.5) is 0 Å². The Bertz CT molecular complexity index is 197. The lowest BCUT2D eigenvalue weighted by Crippen LogP contribution is -2.14. The highest BCUT2D eigenvalue weighted by Crippen LogP contribution is 1.94. The Morgan fingerprint density at radius 2 is 2.67 bits per heavy atom. The zero-order valence-corrected chi connectivity index (χ0v) is 5.28. The van der Waals surface area contributed by atoms with E-state index in [9.17, 15) is 0 Å². The van der Waals surface area contributed by atoms with E-state index >= 15 is 0 Å². The summed E-state index contributed by atoms with van der Waals surface area (Å²) in [6.07, 6.45) is 5.27. The third-order valence-corrected chi connectivity index (χ3v) is 1.12. The molecule has 0 aliphatic carbocycles. The van der Waals surface area contributed by atoms with Crippen molar-refractivity contribution in [1.29, 1.82) is 5.26 Å². The Hall–Kier alpha value is -1.30. The molecule has 1 aliphatic rings. The highest BCUT2D eigenvalue weighted by atomic mass is 15.3. The molecule has 0 atom stereocenters. The first-order valence-electron chi connectivity index (χ1n) is 2.70. The quantitative estimate of drug-likeness (QED) is 0.422. The summed E-state index contributed by atoms with van der Waals surface area (Å²) >= 11 is 0. The van der Waals surface area contributed by atoms with Crippen LogP contribution < -0.4 is 0 Å². The predicted octanol–water partition coefficient (Wildman–Crippen LogP) is -0.0326. The van der Waals surface area contributed by atoms with Gasteiger partial charge in [-0.3, -0.25) is 0 Å². The van der Waals surface area contributed by atoms with Gasteiger partial charge < -0.3 is 4.90 Å². The first-order valence-corrected chi connectivity index (χ1v) is 2.70. The zero-order valence-electron chi connectivity index (χ0n) is 5.28. The fourth-order valence-corrected chi connectivity index (χ4v) is 0.709. The zero-order chi connectivity index (χ0) is 6.69. The lowest BCUT2D eigenvalue weighted by atomic mass is 10.8. The molecule has 0 aromatic rings. The van der Waals surface area contributed by atoms with E-state index in [1.807, 2.05) is 35.0 Å². The van der Waals surface area contributed by atoms with Crippen molar-refractivity contribution in [2.45, 2.75) is 0 Å². The van der Waals surface area contributed by atoms with Crippen LogP contribution in [-0.4, -0.2) is 29.4 Å². The Kier molecular flexibility index (Phi) is 1.50.